The van der Waals surface area contributed by atoms with Crippen LogP contribution >= 0.6 is 0 Å². The number of piperazine rings is 1. The van der Waals surface area contributed by atoms with Crippen molar-refractivity contribution in [1.82, 2.24) is 15.1 Å². The first-order chi connectivity index (χ1) is 11.0. The second kappa shape index (κ2) is 6.28. The van der Waals surface area contributed by atoms with Gasteiger partial charge in [0.1, 0.15) is 11.2 Å². The van der Waals surface area contributed by atoms with Gasteiger partial charge in [0.25, 0.3) is 0 Å². The molecule has 0 unspecified atom stereocenters. The molecular formula is C17H22FN3O2. The van der Waals surface area contributed by atoms with Gasteiger partial charge in [-0.1, -0.05) is 18.2 Å². The average molecular weight is 319 g/mol. The topological polar surface area (TPSA) is 52.7 Å². The standard InChI is InChI=1S/C17H22FN3O2/c1-20-8-10-21(11-9-20)16(23)17(6-7-17)15(22)19-12-13-4-2-3-5-14(13)18/h2-5H,6-12H2,1H3,(H,19,22). The molecule has 1 heterocycles. The summed E-state index contributed by atoms with van der Waals surface area (Å²) in [6.07, 6.45) is 1.17. The molecule has 1 N–H and O–H groups in total. The Kier molecular flexibility index (Phi) is 4.35. The quantitative estimate of drug-likeness (QED) is 0.842. The summed E-state index contributed by atoms with van der Waals surface area (Å²) >= 11 is 0. The van der Waals surface area contributed by atoms with Crippen molar-refractivity contribution in [2.45, 2.75) is 19.4 Å². The van der Waals surface area contributed by atoms with Crippen LogP contribution in [0.5, 0.6) is 0 Å². The molecule has 3 rings (SSSR count). The van der Waals surface area contributed by atoms with Crippen molar-refractivity contribution in [3.63, 3.8) is 0 Å². The highest BCUT2D eigenvalue weighted by Gasteiger charge is 2.58. The molecule has 2 fully saturated rings. The average Bonchev–Trinajstić information content (AvgIpc) is 3.36. The monoisotopic (exact) mass is 319 g/mol. The van der Waals surface area contributed by atoms with E-state index in [4.69, 9.17) is 0 Å². The molecule has 0 atom stereocenters. The number of halogens is 1. The molecule has 1 aromatic rings. The fraction of sp³-hybridized carbons (Fsp3) is 0.529. The van der Waals surface area contributed by atoms with Gasteiger partial charge in [-0.25, -0.2) is 4.39 Å². The summed E-state index contributed by atoms with van der Waals surface area (Å²) in [7, 11) is 2.02. The van der Waals surface area contributed by atoms with Crippen molar-refractivity contribution in [1.29, 1.82) is 0 Å². The van der Waals surface area contributed by atoms with Gasteiger partial charge in [-0.3, -0.25) is 9.59 Å². The van der Waals surface area contributed by atoms with Gasteiger partial charge in [0.2, 0.25) is 11.8 Å². The van der Waals surface area contributed by atoms with Crippen LogP contribution < -0.4 is 5.32 Å². The number of hydrogen-bond acceptors (Lipinski definition) is 3. The predicted molar refractivity (Wildman–Crippen MR) is 84.0 cm³/mol. The zero-order valence-corrected chi connectivity index (χ0v) is 13.3. The third-order valence-corrected chi connectivity index (χ3v) is 4.78. The van der Waals surface area contributed by atoms with Crippen LogP contribution in [0.1, 0.15) is 18.4 Å². The Morgan fingerprint density at radius 3 is 2.43 bits per heavy atom. The van der Waals surface area contributed by atoms with E-state index in [1.54, 1.807) is 23.1 Å². The molecule has 1 aliphatic heterocycles. The molecule has 0 bridgehead atoms. The highest BCUT2D eigenvalue weighted by Crippen LogP contribution is 2.47. The van der Waals surface area contributed by atoms with E-state index in [2.05, 4.69) is 10.2 Å². The highest BCUT2D eigenvalue weighted by atomic mass is 19.1. The van der Waals surface area contributed by atoms with E-state index in [9.17, 15) is 14.0 Å². The maximum atomic E-state index is 13.6. The van der Waals surface area contributed by atoms with E-state index in [-0.39, 0.29) is 24.2 Å². The van der Waals surface area contributed by atoms with Gasteiger partial charge in [-0.2, -0.15) is 0 Å². The van der Waals surface area contributed by atoms with Crippen molar-refractivity contribution in [3.05, 3.63) is 35.6 Å². The Bertz CT molecular complexity index is 608. The number of benzene rings is 1. The minimum atomic E-state index is -0.916. The molecule has 1 saturated carbocycles. The highest BCUT2D eigenvalue weighted by molar-refractivity contribution is 6.07. The summed E-state index contributed by atoms with van der Waals surface area (Å²) in [5.41, 5.74) is -0.482. The largest absolute Gasteiger partial charge is 0.351 e. The lowest BCUT2D eigenvalue weighted by Gasteiger charge is -2.34. The third kappa shape index (κ3) is 3.22. The van der Waals surface area contributed by atoms with Crippen LogP contribution in [-0.2, 0) is 16.1 Å². The van der Waals surface area contributed by atoms with E-state index >= 15 is 0 Å². The van der Waals surface area contributed by atoms with E-state index in [1.165, 1.54) is 6.07 Å². The van der Waals surface area contributed by atoms with E-state index < -0.39 is 5.41 Å². The second-order valence-electron chi connectivity index (χ2n) is 6.45. The number of amides is 2. The molecular weight excluding hydrogens is 297 g/mol. The summed E-state index contributed by atoms with van der Waals surface area (Å²) in [6.45, 7) is 3.11. The second-order valence-corrected chi connectivity index (χ2v) is 6.45. The molecule has 0 aromatic heterocycles. The van der Waals surface area contributed by atoms with Crippen molar-refractivity contribution in [2.75, 3.05) is 33.2 Å². The lowest BCUT2D eigenvalue weighted by Crippen LogP contribution is -2.52. The fourth-order valence-corrected chi connectivity index (χ4v) is 2.96. The Morgan fingerprint density at radius 2 is 1.83 bits per heavy atom. The van der Waals surface area contributed by atoms with Gasteiger partial charge in [-0.15, -0.1) is 0 Å². The van der Waals surface area contributed by atoms with Crippen LogP contribution in [0.3, 0.4) is 0 Å². The molecule has 0 spiro atoms. The van der Waals surface area contributed by atoms with E-state index in [1.807, 2.05) is 7.05 Å². The van der Waals surface area contributed by atoms with Crippen LogP contribution in [0, 0.1) is 11.2 Å². The first kappa shape index (κ1) is 15.9. The Labute approximate surface area is 135 Å². The molecule has 6 heteroatoms. The summed E-state index contributed by atoms with van der Waals surface area (Å²) < 4.78 is 13.6. The first-order valence-electron chi connectivity index (χ1n) is 8.02. The molecule has 124 valence electrons. The number of nitrogens with zero attached hydrogens (tertiary/aromatic N) is 2. The normalized spacial score (nSPS) is 20.2. The lowest BCUT2D eigenvalue weighted by atomic mass is 10.0. The van der Waals surface area contributed by atoms with Gasteiger partial charge in [0, 0.05) is 38.3 Å². The number of likely N-dealkylation sites (N-methyl/N-ethyl adjacent to an activating group) is 1. The Balaban J connectivity index is 1.60. The zero-order valence-electron chi connectivity index (χ0n) is 13.3. The van der Waals surface area contributed by atoms with Crippen LogP contribution in [0.4, 0.5) is 4.39 Å². The number of carbonyl (C=O) groups is 2. The van der Waals surface area contributed by atoms with Crippen molar-refractivity contribution >= 4 is 11.8 Å². The maximum absolute atomic E-state index is 13.6. The number of carbonyl (C=O) groups excluding carboxylic acids is 2. The van der Waals surface area contributed by atoms with Gasteiger partial charge in [0.15, 0.2) is 0 Å². The minimum Gasteiger partial charge on any atom is -0.351 e. The molecule has 1 saturated heterocycles. The molecule has 0 radical (unpaired) electrons. The molecule has 5 nitrogen and oxygen atoms in total. The Hall–Kier alpha value is -1.95. The van der Waals surface area contributed by atoms with Crippen molar-refractivity contribution < 1.29 is 14.0 Å². The number of rotatable bonds is 4. The van der Waals surface area contributed by atoms with Crippen LogP contribution in [0.15, 0.2) is 24.3 Å². The molecule has 1 aromatic carbocycles. The van der Waals surface area contributed by atoms with Gasteiger partial charge < -0.3 is 15.1 Å². The molecule has 1 aliphatic carbocycles. The van der Waals surface area contributed by atoms with Gasteiger partial charge in [-0.05, 0) is 26.0 Å². The molecule has 2 aliphatic rings. The van der Waals surface area contributed by atoms with Gasteiger partial charge >= 0.3 is 0 Å². The predicted octanol–water partition coefficient (Wildman–Crippen LogP) is 0.996. The first-order valence-corrected chi connectivity index (χ1v) is 8.02. The maximum Gasteiger partial charge on any atom is 0.238 e. The lowest BCUT2D eigenvalue weighted by molar-refractivity contribution is -0.145. The fourth-order valence-electron chi connectivity index (χ4n) is 2.96. The summed E-state index contributed by atoms with van der Waals surface area (Å²) in [5.74, 6) is -0.690. The van der Waals surface area contributed by atoms with Crippen molar-refractivity contribution in [2.24, 2.45) is 5.41 Å². The third-order valence-electron chi connectivity index (χ3n) is 4.78. The summed E-state index contributed by atoms with van der Waals surface area (Å²) in [5, 5.41) is 2.73. The smallest absolute Gasteiger partial charge is 0.238 e. The number of hydrogen-bond donors (Lipinski definition) is 1. The zero-order chi connectivity index (χ0) is 16.4. The molecule has 23 heavy (non-hydrogen) atoms. The van der Waals surface area contributed by atoms with Crippen molar-refractivity contribution in [3.8, 4) is 0 Å². The summed E-state index contributed by atoms with van der Waals surface area (Å²) in [6, 6.07) is 6.34. The van der Waals surface area contributed by atoms with Crippen LogP contribution in [0.25, 0.3) is 0 Å². The Morgan fingerprint density at radius 1 is 1.17 bits per heavy atom. The summed E-state index contributed by atoms with van der Waals surface area (Å²) in [4.78, 5) is 29.1. The number of nitrogens with one attached hydrogen (secondary N) is 1. The molecule has 2 amide bonds. The van der Waals surface area contributed by atoms with E-state index in [0.717, 1.165) is 13.1 Å². The van der Waals surface area contributed by atoms with E-state index in [0.29, 0.717) is 31.5 Å². The SMILES string of the molecule is CN1CCN(C(=O)C2(C(=O)NCc3ccccc3F)CC2)CC1. The van der Waals surface area contributed by atoms with Crippen LogP contribution in [-0.4, -0.2) is 54.8 Å². The van der Waals surface area contributed by atoms with Crippen LogP contribution in [0.2, 0.25) is 0 Å². The minimum absolute atomic E-state index is 0.0726. The van der Waals surface area contributed by atoms with Gasteiger partial charge in [0.05, 0.1) is 0 Å².